The fraction of sp³-hybridized carbons (Fsp3) is 0.647. The van der Waals surface area contributed by atoms with Crippen molar-refractivity contribution in [2.45, 2.75) is 58.9 Å². The van der Waals surface area contributed by atoms with Gasteiger partial charge in [-0.3, -0.25) is 0 Å². The molecule has 0 spiro atoms. The SMILES string of the molecule is CCc1c(C)sc(NC(=S)NC2CCC(C)CC2)c1C(=O)OC. The summed E-state index contributed by atoms with van der Waals surface area (Å²) in [6, 6.07) is 0.430. The van der Waals surface area contributed by atoms with Crippen LogP contribution in [0, 0.1) is 12.8 Å². The Labute approximate surface area is 148 Å². The van der Waals surface area contributed by atoms with Crippen molar-refractivity contribution in [2.75, 3.05) is 12.4 Å². The molecule has 23 heavy (non-hydrogen) atoms. The lowest BCUT2D eigenvalue weighted by molar-refractivity contribution is 0.0601. The van der Waals surface area contributed by atoms with Crippen LogP contribution in [0.4, 0.5) is 5.00 Å². The molecule has 2 N–H and O–H groups in total. The zero-order valence-electron chi connectivity index (χ0n) is 14.3. The maximum absolute atomic E-state index is 12.1. The van der Waals surface area contributed by atoms with Gasteiger partial charge in [0.25, 0.3) is 0 Å². The molecule has 1 fully saturated rings. The van der Waals surface area contributed by atoms with Crippen LogP contribution >= 0.6 is 23.6 Å². The van der Waals surface area contributed by atoms with Crippen molar-refractivity contribution in [3.05, 3.63) is 16.0 Å². The number of carbonyl (C=O) groups excluding carboxylic acids is 1. The Balaban J connectivity index is 2.07. The summed E-state index contributed by atoms with van der Waals surface area (Å²) in [5.41, 5.74) is 1.66. The van der Waals surface area contributed by atoms with Crippen LogP contribution in [0.15, 0.2) is 0 Å². The van der Waals surface area contributed by atoms with Crippen LogP contribution in [0.5, 0.6) is 0 Å². The van der Waals surface area contributed by atoms with E-state index in [0.717, 1.165) is 40.6 Å². The highest BCUT2D eigenvalue weighted by Gasteiger charge is 2.23. The molecule has 128 valence electrons. The third kappa shape index (κ3) is 4.44. The van der Waals surface area contributed by atoms with Crippen LogP contribution in [0.2, 0.25) is 0 Å². The first-order chi connectivity index (χ1) is 11.0. The van der Waals surface area contributed by atoms with E-state index in [2.05, 4.69) is 17.6 Å². The molecule has 2 rings (SSSR count). The minimum absolute atomic E-state index is 0.303. The van der Waals surface area contributed by atoms with E-state index in [0.29, 0.717) is 16.7 Å². The highest BCUT2D eigenvalue weighted by atomic mass is 32.1. The summed E-state index contributed by atoms with van der Waals surface area (Å²) in [4.78, 5) is 13.2. The van der Waals surface area contributed by atoms with Crippen molar-refractivity contribution in [1.29, 1.82) is 0 Å². The second-order valence-electron chi connectivity index (χ2n) is 6.24. The van der Waals surface area contributed by atoms with Gasteiger partial charge in [-0.25, -0.2) is 4.79 Å². The van der Waals surface area contributed by atoms with Gasteiger partial charge in [-0.05, 0) is 62.7 Å². The summed E-state index contributed by atoms with van der Waals surface area (Å²) >= 11 is 7.01. The Morgan fingerprint density at radius 2 is 2.00 bits per heavy atom. The number of rotatable bonds is 4. The molecule has 6 heteroatoms. The molecule has 1 aromatic heterocycles. The van der Waals surface area contributed by atoms with Gasteiger partial charge in [0.2, 0.25) is 0 Å². The largest absolute Gasteiger partial charge is 0.465 e. The predicted octanol–water partition coefficient (Wildman–Crippen LogP) is 4.27. The highest BCUT2D eigenvalue weighted by Crippen LogP contribution is 2.34. The molecule has 0 aliphatic heterocycles. The van der Waals surface area contributed by atoms with Crippen molar-refractivity contribution in [2.24, 2.45) is 5.92 Å². The molecule has 0 bridgehead atoms. The van der Waals surface area contributed by atoms with E-state index in [1.165, 1.54) is 20.0 Å². The number of methoxy groups -OCH3 is 1. The first-order valence-electron chi connectivity index (χ1n) is 8.24. The van der Waals surface area contributed by atoms with E-state index >= 15 is 0 Å². The fourth-order valence-corrected chi connectivity index (χ4v) is 4.61. The Morgan fingerprint density at radius 1 is 1.35 bits per heavy atom. The van der Waals surface area contributed by atoms with Crippen molar-refractivity contribution in [3.63, 3.8) is 0 Å². The van der Waals surface area contributed by atoms with Crippen molar-refractivity contribution in [3.8, 4) is 0 Å². The maximum atomic E-state index is 12.1. The zero-order valence-corrected chi connectivity index (χ0v) is 16.0. The highest BCUT2D eigenvalue weighted by molar-refractivity contribution is 7.80. The molecule has 0 aromatic carbocycles. The van der Waals surface area contributed by atoms with Crippen molar-refractivity contribution >= 4 is 39.6 Å². The van der Waals surface area contributed by atoms with Gasteiger partial charge < -0.3 is 15.4 Å². The summed E-state index contributed by atoms with van der Waals surface area (Å²) in [5.74, 6) is 0.510. The summed E-state index contributed by atoms with van der Waals surface area (Å²) < 4.78 is 4.94. The normalized spacial score (nSPS) is 20.9. The molecule has 0 atom stereocenters. The van der Waals surface area contributed by atoms with Crippen LogP contribution in [0.25, 0.3) is 0 Å². The van der Waals surface area contributed by atoms with Gasteiger partial charge in [-0.2, -0.15) is 0 Å². The summed E-state index contributed by atoms with van der Waals surface area (Å²) in [6.07, 6.45) is 5.58. The maximum Gasteiger partial charge on any atom is 0.341 e. The summed E-state index contributed by atoms with van der Waals surface area (Å²) in [7, 11) is 1.41. The lowest BCUT2D eigenvalue weighted by Gasteiger charge is -2.27. The first kappa shape index (κ1) is 18.2. The summed E-state index contributed by atoms with van der Waals surface area (Å²) in [5, 5.41) is 7.99. The molecule has 0 radical (unpaired) electrons. The Hall–Kier alpha value is -1.14. The number of aryl methyl sites for hydroxylation is 1. The Bertz CT molecular complexity index is 575. The number of anilines is 1. The molecule has 4 nitrogen and oxygen atoms in total. The third-order valence-electron chi connectivity index (χ3n) is 4.53. The second kappa shape index (κ2) is 8.11. The van der Waals surface area contributed by atoms with Crippen molar-refractivity contribution < 1.29 is 9.53 Å². The number of thiophene rings is 1. The summed E-state index contributed by atoms with van der Waals surface area (Å²) in [6.45, 7) is 6.38. The Morgan fingerprint density at radius 3 is 2.57 bits per heavy atom. The number of ether oxygens (including phenoxy) is 1. The van der Waals surface area contributed by atoms with Gasteiger partial charge in [0.05, 0.1) is 12.7 Å². The molecular weight excluding hydrogens is 328 g/mol. The topological polar surface area (TPSA) is 50.4 Å². The van der Waals surface area contributed by atoms with E-state index < -0.39 is 0 Å². The zero-order chi connectivity index (χ0) is 17.0. The molecule has 1 heterocycles. The van der Waals surface area contributed by atoms with Gasteiger partial charge >= 0.3 is 5.97 Å². The molecule has 1 aromatic rings. The predicted molar refractivity (Wildman–Crippen MR) is 101 cm³/mol. The molecule has 0 saturated heterocycles. The molecule has 1 aliphatic rings. The van der Waals surface area contributed by atoms with Crippen LogP contribution in [0.3, 0.4) is 0 Å². The quantitative estimate of drug-likeness (QED) is 0.625. The number of hydrogen-bond acceptors (Lipinski definition) is 4. The lowest BCUT2D eigenvalue weighted by Crippen LogP contribution is -2.39. The van der Waals surface area contributed by atoms with Gasteiger partial charge in [0.1, 0.15) is 5.00 Å². The van der Waals surface area contributed by atoms with E-state index in [1.54, 1.807) is 11.3 Å². The molecule has 0 amide bonds. The third-order valence-corrected chi connectivity index (χ3v) is 5.81. The molecule has 1 saturated carbocycles. The monoisotopic (exact) mass is 354 g/mol. The number of hydrogen-bond donors (Lipinski definition) is 2. The number of carbonyl (C=O) groups is 1. The van der Waals surface area contributed by atoms with Crippen LogP contribution < -0.4 is 10.6 Å². The number of esters is 1. The van der Waals surface area contributed by atoms with Gasteiger partial charge in [0, 0.05) is 10.9 Å². The second-order valence-corrected chi connectivity index (χ2v) is 7.87. The van der Waals surface area contributed by atoms with Gasteiger partial charge in [0.15, 0.2) is 5.11 Å². The Kier molecular flexibility index (Phi) is 6.41. The first-order valence-corrected chi connectivity index (χ1v) is 9.46. The van der Waals surface area contributed by atoms with Gasteiger partial charge in [-0.1, -0.05) is 13.8 Å². The van der Waals surface area contributed by atoms with Gasteiger partial charge in [-0.15, -0.1) is 11.3 Å². The van der Waals surface area contributed by atoms with Crippen molar-refractivity contribution in [1.82, 2.24) is 5.32 Å². The van der Waals surface area contributed by atoms with E-state index in [9.17, 15) is 4.79 Å². The van der Waals surface area contributed by atoms with E-state index in [1.807, 2.05) is 13.8 Å². The van der Waals surface area contributed by atoms with E-state index in [4.69, 9.17) is 17.0 Å². The van der Waals surface area contributed by atoms with Crippen LogP contribution in [-0.2, 0) is 11.2 Å². The fourth-order valence-electron chi connectivity index (χ4n) is 3.14. The standard InChI is InChI=1S/C17H26N2O2S2/c1-5-13-11(3)23-15(14(13)16(20)21-4)19-17(22)18-12-8-6-10(2)7-9-12/h10,12H,5-9H2,1-4H3,(H2,18,19,22). The molecular formula is C17H26N2O2S2. The lowest BCUT2D eigenvalue weighted by atomic mass is 9.87. The van der Waals surface area contributed by atoms with E-state index in [-0.39, 0.29) is 5.97 Å². The minimum atomic E-state index is -0.303. The number of thiocarbonyl (C=S) groups is 1. The van der Waals surface area contributed by atoms with Crippen LogP contribution in [-0.4, -0.2) is 24.2 Å². The average Bonchev–Trinajstić information content (AvgIpc) is 2.83. The van der Waals surface area contributed by atoms with Crippen LogP contribution in [0.1, 0.15) is 60.3 Å². The smallest absolute Gasteiger partial charge is 0.341 e. The average molecular weight is 355 g/mol. The molecule has 1 aliphatic carbocycles. The molecule has 0 unspecified atom stereocenters. The number of nitrogens with one attached hydrogen (secondary N) is 2. The minimum Gasteiger partial charge on any atom is -0.465 e.